The van der Waals surface area contributed by atoms with Gasteiger partial charge in [-0.2, -0.15) is 21.4 Å². The van der Waals surface area contributed by atoms with E-state index >= 15 is 0 Å². The van der Waals surface area contributed by atoms with Crippen molar-refractivity contribution in [2.75, 3.05) is 25.3 Å². The van der Waals surface area contributed by atoms with E-state index in [0.29, 0.717) is 28.5 Å². The zero-order chi connectivity index (χ0) is 24.1. The summed E-state index contributed by atoms with van der Waals surface area (Å²) in [4.78, 5) is 28.2. The zero-order valence-corrected chi connectivity index (χ0v) is 19.5. The van der Waals surface area contributed by atoms with Gasteiger partial charge < -0.3 is 19.1 Å². The number of aryl methyl sites for hydroxylation is 1. The quantitative estimate of drug-likeness (QED) is 0.428. The highest BCUT2D eigenvalue weighted by Gasteiger charge is 2.27. The van der Waals surface area contributed by atoms with Gasteiger partial charge in [-0.15, -0.1) is 0 Å². The molecule has 13 nitrogen and oxygen atoms in total. The van der Waals surface area contributed by atoms with E-state index in [4.69, 9.17) is 14.0 Å². The van der Waals surface area contributed by atoms with E-state index in [1.54, 1.807) is 13.8 Å². The van der Waals surface area contributed by atoms with E-state index in [2.05, 4.69) is 31.0 Å². The van der Waals surface area contributed by atoms with Gasteiger partial charge >= 0.3 is 5.97 Å². The maximum absolute atomic E-state index is 12.4. The molecule has 0 aliphatic rings. The van der Waals surface area contributed by atoms with Crippen molar-refractivity contribution < 1.29 is 28.7 Å². The molecule has 0 saturated carbocycles. The van der Waals surface area contributed by atoms with Crippen LogP contribution >= 0.6 is 11.8 Å². The molecule has 2 heterocycles. The fraction of sp³-hybridized carbons (Fsp3) is 0.421. The Balaban J connectivity index is 1.90. The molecule has 0 spiro atoms. The number of phenolic OH excluding ortho intramolecular Hbond substituents is 1. The number of methoxy groups -OCH3 is 2. The average molecular weight is 478 g/mol. The number of rotatable bonds is 9. The molecule has 1 amide bonds. The molecule has 1 unspecified atom stereocenters. The molecular formula is C19H23N7O6S. The summed E-state index contributed by atoms with van der Waals surface area (Å²) in [6.07, 6.45) is 0. The van der Waals surface area contributed by atoms with Gasteiger partial charge in [-0.3, -0.25) is 10.1 Å². The molecule has 0 fully saturated rings. The van der Waals surface area contributed by atoms with Crippen molar-refractivity contribution >= 4 is 29.6 Å². The molecule has 0 aliphatic carbocycles. The summed E-state index contributed by atoms with van der Waals surface area (Å²) in [6, 6.07) is 0.823. The number of nitrogens with one attached hydrogen (secondary N) is 1. The molecule has 1 aromatic carbocycles. The molecule has 3 aromatic rings. The van der Waals surface area contributed by atoms with Crippen LogP contribution in [0, 0.1) is 13.8 Å². The fourth-order valence-electron chi connectivity index (χ4n) is 3.14. The summed E-state index contributed by atoms with van der Waals surface area (Å²) < 4.78 is 16.8. The predicted octanol–water partition coefficient (Wildman–Crippen LogP) is 1.65. The van der Waals surface area contributed by atoms with Gasteiger partial charge in [0.2, 0.25) is 11.9 Å². The Hall–Kier alpha value is -3.68. The first-order valence-electron chi connectivity index (χ1n) is 9.67. The van der Waals surface area contributed by atoms with Crippen LogP contribution in [0.15, 0.2) is 10.6 Å². The van der Waals surface area contributed by atoms with Crippen LogP contribution in [-0.4, -0.2) is 67.3 Å². The Morgan fingerprint density at radius 3 is 2.70 bits per heavy atom. The van der Waals surface area contributed by atoms with E-state index in [-0.39, 0.29) is 34.8 Å². The van der Waals surface area contributed by atoms with E-state index in [1.807, 2.05) is 0 Å². The maximum atomic E-state index is 12.4. The lowest BCUT2D eigenvalue weighted by molar-refractivity contribution is -0.114. The molecule has 2 aromatic heterocycles. The lowest BCUT2D eigenvalue weighted by atomic mass is 10.0. The number of carbonyl (C=O) groups is 2. The molecule has 176 valence electrons. The van der Waals surface area contributed by atoms with Crippen LogP contribution in [0.25, 0.3) is 0 Å². The van der Waals surface area contributed by atoms with Crippen molar-refractivity contribution in [1.29, 1.82) is 0 Å². The summed E-state index contributed by atoms with van der Waals surface area (Å²) in [7, 11) is 2.72. The highest BCUT2D eigenvalue weighted by Crippen LogP contribution is 2.36. The lowest BCUT2D eigenvalue weighted by Gasteiger charge is -2.17. The van der Waals surface area contributed by atoms with Crippen molar-refractivity contribution in [3.63, 3.8) is 0 Å². The second-order valence-corrected chi connectivity index (χ2v) is 7.94. The number of esters is 1. The van der Waals surface area contributed by atoms with E-state index in [9.17, 15) is 14.7 Å². The normalized spacial score (nSPS) is 11.8. The lowest BCUT2D eigenvalue weighted by Crippen LogP contribution is -2.20. The molecular weight excluding hydrogens is 454 g/mol. The molecule has 0 radical (unpaired) electrons. The van der Waals surface area contributed by atoms with Crippen LogP contribution in [0.4, 0.5) is 5.95 Å². The van der Waals surface area contributed by atoms with Gasteiger partial charge in [0.25, 0.3) is 5.89 Å². The molecule has 2 N–H and O–H groups in total. The SMILES string of the molecule is COC(=O)c1c(C)c(OC)cc(O)c1CSCC(c1nc(C)no1)n1nnnc1NC(C)=O. The Kier molecular flexibility index (Phi) is 7.48. The third-order valence-corrected chi connectivity index (χ3v) is 5.70. The van der Waals surface area contributed by atoms with E-state index in [1.165, 1.54) is 43.7 Å². The highest BCUT2D eigenvalue weighted by molar-refractivity contribution is 7.98. The van der Waals surface area contributed by atoms with Gasteiger partial charge in [0.1, 0.15) is 17.5 Å². The first-order valence-corrected chi connectivity index (χ1v) is 10.8. The number of thioether (sulfide) groups is 1. The number of amides is 1. The first-order chi connectivity index (χ1) is 15.8. The standard InChI is InChI=1S/C19H23N7O6S/c1-9-15(30-4)6-14(28)12(16(9)18(29)31-5)7-33-8-13(17-20-10(2)23-32-17)26-19(21-11(3)27)22-24-25-26/h6,13,28H,7-8H2,1-5H3,(H,21,22,25,27). The Bertz CT molecular complexity index is 1160. The second-order valence-electron chi connectivity index (χ2n) is 6.91. The van der Waals surface area contributed by atoms with E-state index < -0.39 is 12.0 Å². The Labute approximate surface area is 192 Å². The second kappa shape index (κ2) is 10.3. The molecule has 14 heteroatoms. The molecule has 3 rings (SSSR count). The number of hydrogen-bond acceptors (Lipinski definition) is 12. The van der Waals surface area contributed by atoms with Crippen LogP contribution in [0.3, 0.4) is 0 Å². The van der Waals surface area contributed by atoms with Crippen molar-refractivity contribution in [2.45, 2.75) is 32.6 Å². The Morgan fingerprint density at radius 1 is 1.33 bits per heavy atom. The molecule has 0 aliphatic heterocycles. The van der Waals surface area contributed by atoms with Crippen LogP contribution in [0.5, 0.6) is 11.5 Å². The van der Waals surface area contributed by atoms with Crippen LogP contribution in [0.1, 0.15) is 46.2 Å². The summed E-state index contributed by atoms with van der Waals surface area (Å²) in [6.45, 7) is 4.72. The maximum Gasteiger partial charge on any atom is 0.338 e. The molecule has 0 bridgehead atoms. The largest absolute Gasteiger partial charge is 0.507 e. The van der Waals surface area contributed by atoms with Crippen molar-refractivity contribution in [2.24, 2.45) is 0 Å². The van der Waals surface area contributed by atoms with Crippen LogP contribution in [0.2, 0.25) is 0 Å². The van der Waals surface area contributed by atoms with Gasteiger partial charge in [0.15, 0.2) is 5.82 Å². The van der Waals surface area contributed by atoms with Gasteiger partial charge in [-0.1, -0.05) is 10.3 Å². The number of ether oxygens (including phenoxy) is 2. The molecule has 0 saturated heterocycles. The minimum Gasteiger partial charge on any atom is -0.507 e. The predicted molar refractivity (Wildman–Crippen MR) is 116 cm³/mol. The number of aromatic hydroxyl groups is 1. The van der Waals surface area contributed by atoms with Gasteiger partial charge in [0, 0.05) is 35.6 Å². The number of phenols is 1. The topological polar surface area (TPSA) is 167 Å². The van der Waals surface area contributed by atoms with Crippen molar-refractivity contribution in [3.05, 3.63) is 34.5 Å². The number of anilines is 1. The highest BCUT2D eigenvalue weighted by atomic mass is 32.2. The number of nitrogens with zero attached hydrogens (tertiary/aromatic N) is 6. The number of tetrazole rings is 1. The minimum absolute atomic E-state index is 0.100. The van der Waals surface area contributed by atoms with Gasteiger partial charge in [-0.25, -0.2) is 4.79 Å². The molecule has 33 heavy (non-hydrogen) atoms. The zero-order valence-electron chi connectivity index (χ0n) is 18.6. The summed E-state index contributed by atoms with van der Waals surface area (Å²) >= 11 is 1.36. The summed E-state index contributed by atoms with van der Waals surface area (Å²) in [5, 5.41) is 28.3. The minimum atomic E-state index is -0.629. The number of carbonyl (C=O) groups excluding carboxylic acids is 2. The van der Waals surface area contributed by atoms with Crippen molar-refractivity contribution in [1.82, 2.24) is 30.3 Å². The number of aromatic nitrogens is 6. The smallest absolute Gasteiger partial charge is 0.338 e. The summed E-state index contributed by atoms with van der Waals surface area (Å²) in [5.41, 5.74) is 1.17. The average Bonchev–Trinajstić information content (AvgIpc) is 3.41. The van der Waals surface area contributed by atoms with Crippen LogP contribution < -0.4 is 10.1 Å². The third kappa shape index (κ3) is 5.22. The molecule has 1 atom stereocenters. The van der Waals surface area contributed by atoms with Crippen molar-refractivity contribution in [3.8, 4) is 11.5 Å². The number of benzene rings is 1. The van der Waals surface area contributed by atoms with Gasteiger partial charge in [0.05, 0.1) is 19.8 Å². The monoisotopic (exact) mass is 477 g/mol. The summed E-state index contributed by atoms with van der Waals surface area (Å²) in [5.74, 6) is 0.656. The third-order valence-electron chi connectivity index (χ3n) is 4.66. The van der Waals surface area contributed by atoms with E-state index in [0.717, 1.165) is 0 Å². The van der Waals surface area contributed by atoms with Gasteiger partial charge in [-0.05, 0) is 24.3 Å². The number of hydrogen-bond donors (Lipinski definition) is 2. The fourth-order valence-corrected chi connectivity index (χ4v) is 4.27. The Morgan fingerprint density at radius 2 is 2.09 bits per heavy atom. The van der Waals surface area contributed by atoms with Crippen LogP contribution in [-0.2, 0) is 15.3 Å². The first kappa shape index (κ1) is 24.0.